The molecule has 0 radical (unpaired) electrons. The standard InChI is InChI=1S/2C2H6.2CH4O/c4*1-2/h2*1-2H3;2*2H,1H3. The third-order valence-corrected chi connectivity index (χ3v) is 0. The van der Waals surface area contributed by atoms with Gasteiger partial charge >= 0.3 is 0 Å². The summed E-state index contributed by atoms with van der Waals surface area (Å²) in [6.07, 6.45) is 0. The molecule has 0 saturated carbocycles. The molecule has 2 heteroatoms. The van der Waals surface area contributed by atoms with Crippen LogP contribution in [-0.4, -0.2) is 24.4 Å². The molecule has 56 valence electrons. The van der Waals surface area contributed by atoms with Crippen LogP contribution in [0.25, 0.3) is 0 Å². The van der Waals surface area contributed by atoms with Gasteiger partial charge in [-0.3, -0.25) is 0 Å². The molecule has 0 heterocycles. The molecule has 0 fully saturated rings. The second kappa shape index (κ2) is 37900. The molecule has 8 heavy (non-hydrogen) atoms. The Morgan fingerprint density at radius 2 is 0.500 bits per heavy atom. The lowest BCUT2D eigenvalue weighted by Gasteiger charge is -1.21. The monoisotopic (exact) mass is 124 g/mol. The predicted molar refractivity (Wildman–Crippen MR) is 39.0 cm³/mol. The van der Waals surface area contributed by atoms with Crippen LogP contribution in [-0.2, 0) is 0 Å². The summed E-state index contributed by atoms with van der Waals surface area (Å²) in [6.45, 7) is 8.00. The van der Waals surface area contributed by atoms with Crippen molar-refractivity contribution < 1.29 is 10.2 Å². The molecule has 0 rings (SSSR count). The zero-order valence-corrected chi connectivity index (χ0v) is 6.89. The van der Waals surface area contributed by atoms with Crippen LogP contribution >= 0.6 is 0 Å². The van der Waals surface area contributed by atoms with Crippen molar-refractivity contribution in [1.82, 2.24) is 0 Å². The van der Waals surface area contributed by atoms with Crippen LogP contribution in [0.15, 0.2) is 0 Å². The fourth-order valence-electron chi connectivity index (χ4n) is 0. The van der Waals surface area contributed by atoms with E-state index >= 15 is 0 Å². The lowest BCUT2D eigenvalue weighted by atomic mass is 11.0. The Morgan fingerprint density at radius 1 is 0.500 bits per heavy atom. The summed E-state index contributed by atoms with van der Waals surface area (Å²) in [7, 11) is 2.00. The van der Waals surface area contributed by atoms with Gasteiger partial charge < -0.3 is 10.2 Å². The molecule has 0 spiro atoms. The molecule has 0 aromatic carbocycles. The Morgan fingerprint density at radius 3 is 0.500 bits per heavy atom. The van der Waals surface area contributed by atoms with E-state index in [0.29, 0.717) is 0 Å². The van der Waals surface area contributed by atoms with Crippen LogP contribution in [0.2, 0.25) is 0 Å². The van der Waals surface area contributed by atoms with Crippen molar-refractivity contribution in [3.8, 4) is 0 Å². The number of rotatable bonds is 0. The molecule has 0 atom stereocenters. The van der Waals surface area contributed by atoms with Gasteiger partial charge in [0.25, 0.3) is 0 Å². The molecule has 0 aromatic heterocycles. The highest BCUT2D eigenvalue weighted by Gasteiger charge is 0.934. The molecule has 2 nitrogen and oxygen atoms in total. The fraction of sp³-hybridized carbons (Fsp3) is 1.00. The fourth-order valence-corrected chi connectivity index (χ4v) is 0. The van der Waals surface area contributed by atoms with E-state index in [1.54, 1.807) is 0 Å². The molecule has 0 aliphatic heterocycles. The molecule has 0 aliphatic carbocycles. The maximum absolute atomic E-state index is 7.00. The van der Waals surface area contributed by atoms with E-state index in [-0.39, 0.29) is 0 Å². The zero-order valence-electron chi connectivity index (χ0n) is 6.89. The highest BCUT2D eigenvalue weighted by Crippen LogP contribution is 1.15. The van der Waals surface area contributed by atoms with Gasteiger partial charge in [0.05, 0.1) is 0 Å². The van der Waals surface area contributed by atoms with Gasteiger partial charge in [-0.15, -0.1) is 0 Å². The van der Waals surface area contributed by atoms with E-state index in [4.69, 9.17) is 10.2 Å². The van der Waals surface area contributed by atoms with Crippen molar-refractivity contribution in [2.24, 2.45) is 0 Å². The number of aliphatic hydroxyl groups is 2. The van der Waals surface area contributed by atoms with E-state index in [1.807, 2.05) is 27.7 Å². The summed E-state index contributed by atoms with van der Waals surface area (Å²) in [5.41, 5.74) is 0. The Kier molecular flexibility index (Phi) is 117000. The topological polar surface area (TPSA) is 40.5 Å². The summed E-state index contributed by atoms with van der Waals surface area (Å²) in [4.78, 5) is 0. The minimum absolute atomic E-state index is 1.00. The molecule has 0 amide bonds. The van der Waals surface area contributed by atoms with E-state index < -0.39 is 0 Å². The average molecular weight is 124 g/mol. The van der Waals surface area contributed by atoms with Crippen LogP contribution in [0.3, 0.4) is 0 Å². The van der Waals surface area contributed by atoms with Crippen LogP contribution < -0.4 is 0 Å². The van der Waals surface area contributed by atoms with Crippen molar-refractivity contribution in [1.29, 1.82) is 0 Å². The largest absolute Gasteiger partial charge is 0.400 e. The van der Waals surface area contributed by atoms with Crippen molar-refractivity contribution in [3.05, 3.63) is 0 Å². The first kappa shape index (κ1) is 24.7. The van der Waals surface area contributed by atoms with Gasteiger partial charge in [-0.1, -0.05) is 27.7 Å². The van der Waals surface area contributed by atoms with Crippen LogP contribution in [0.4, 0.5) is 0 Å². The van der Waals surface area contributed by atoms with Crippen molar-refractivity contribution >= 4 is 0 Å². The van der Waals surface area contributed by atoms with E-state index in [2.05, 4.69) is 0 Å². The Labute approximate surface area is 53.2 Å². The number of hydrogen-bond donors (Lipinski definition) is 2. The van der Waals surface area contributed by atoms with Gasteiger partial charge in [0.2, 0.25) is 0 Å². The summed E-state index contributed by atoms with van der Waals surface area (Å²) in [5, 5.41) is 14.0. The van der Waals surface area contributed by atoms with Gasteiger partial charge in [0.1, 0.15) is 0 Å². The predicted octanol–water partition coefficient (Wildman–Crippen LogP) is 1.27. The van der Waals surface area contributed by atoms with Crippen LogP contribution in [0, 0.1) is 0 Å². The first-order valence-electron chi connectivity index (χ1n) is 2.89. The Hall–Kier alpha value is -0.0800. The molecular weight excluding hydrogens is 104 g/mol. The summed E-state index contributed by atoms with van der Waals surface area (Å²) >= 11 is 0. The van der Waals surface area contributed by atoms with Crippen molar-refractivity contribution in [2.75, 3.05) is 14.2 Å². The van der Waals surface area contributed by atoms with E-state index in [0.717, 1.165) is 14.2 Å². The third kappa shape index (κ3) is 22400. The molecule has 0 aromatic rings. The van der Waals surface area contributed by atoms with Crippen molar-refractivity contribution in [2.45, 2.75) is 27.7 Å². The average Bonchev–Trinajstić information content (AvgIpc) is 2.03. The SMILES string of the molecule is CC.CC.CO.CO. The lowest BCUT2D eigenvalue weighted by Crippen LogP contribution is -1.25. The van der Waals surface area contributed by atoms with Gasteiger partial charge in [0, 0.05) is 14.2 Å². The molecule has 0 unspecified atom stereocenters. The second-order valence-corrected chi connectivity index (χ2v) is 0. The minimum Gasteiger partial charge on any atom is -0.400 e. The first-order chi connectivity index (χ1) is 4.00. The first-order valence-corrected chi connectivity index (χ1v) is 2.89. The highest BCUT2D eigenvalue weighted by atomic mass is 16.2. The normalized spacial score (nSPS) is 3.00. The lowest BCUT2D eigenvalue weighted by molar-refractivity contribution is 0.399. The van der Waals surface area contributed by atoms with Gasteiger partial charge in [0.15, 0.2) is 0 Å². The Balaban J connectivity index is -0.0000000133. The highest BCUT2D eigenvalue weighted by molar-refractivity contribution is 3.51. The molecule has 2 N–H and O–H groups in total. The number of aliphatic hydroxyl groups excluding tert-OH is 2. The third-order valence-electron chi connectivity index (χ3n) is 0. The summed E-state index contributed by atoms with van der Waals surface area (Å²) in [6, 6.07) is 0. The van der Waals surface area contributed by atoms with Crippen LogP contribution in [0.5, 0.6) is 0 Å². The second-order valence-electron chi connectivity index (χ2n) is 0. The summed E-state index contributed by atoms with van der Waals surface area (Å²) in [5.74, 6) is 0. The van der Waals surface area contributed by atoms with Gasteiger partial charge in [-0.05, 0) is 0 Å². The van der Waals surface area contributed by atoms with Crippen LogP contribution in [0.1, 0.15) is 27.7 Å². The Bertz CT molecular complexity index is 6.49. The van der Waals surface area contributed by atoms with Gasteiger partial charge in [-0.25, -0.2) is 0 Å². The molecule has 0 saturated heterocycles. The minimum atomic E-state index is 1.00. The molecular formula is C6H20O2. The maximum Gasteiger partial charge on any atom is 0.0319 e. The van der Waals surface area contributed by atoms with E-state index in [9.17, 15) is 0 Å². The molecule has 0 aliphatic rings. The van der Waals surface area contributed by atoms with Crippen molar-refractivity contribution in [3.63, 3.8) is 0 Å². The maximum atomic E-state index is 7.00. The number of hydrogen-bond acceptors (Lipinski definition) is 2. The van der Waals surface area contributed by atoms with E-state index in [1.165, 1.54) is 0 Å². The van der Waals surface area contributed by atoms with Gasteiger partial charge in [-0.2, -0.15) is 0 Å². The zero-order chi connectivity index (χ0) is 8.00. The smallest absolute Gasteiger partial charge is 0.0319 e. The molecule has 0 bridgehead atoms. The quantitative estimate of drug-likeness (QED) is 0.510. The summed E-state index contributed by atoms with van der Waals surface area (Å²) < 4.78 is 0.